The third-order valence-electron chi connectivity index (χ3n) is 7.45. The van der Waals surface area contributed by atoms with Gasteiger partial charge in [0.25, 0.3) is 0 Å². The van der Waals surface area contributed by atoms with Crippen LogP contribution in [0.15, 0.2) is 55.4 Å². The van der Waals surface area contributed by atoms with Crippen LogP contribution in [0.1, 0.15) is 24.4 Å². The van der Waals surface area contributed by atoms with Crippen LogP contribution >= 0.6 is 0 Å². The van der Waals surface area contributed by atoms with Crippen molar-refractivity contribution in [2.75, 3.05) is 64.0 Å². The Morgan fingerprint density at radius 1 is 1.16 bits per heavy atom. The monoisotopic (exact) mass is 580 g/mol. The molecule has 2 N–H and O–H groups in total. The van der Waals surface area contributed by atoms with Gasteiger partial charge >= 0.3 is 0 Å². The number of fused-ring (bicyclic) bond motifs is 1. The molecule has 1 amide bonds. The zero-order valence-corrected chi connectivity index (χ0v) is 25.1. The molecule has 43 heavy (non-hydrogen) atoms. The van der Waals surface area contributed by atoms with E-state index in [2.05, 4.69) is 50.0 Å². The summed E-state index contributed by atoms with van der Waals surface area (Å²) in [6.07, 6.45) is 7.00. The van der Waals surface area contributed by atoms with E-state index in [1.54, 1.807) is 20.3 Å². The largest absolute Gasteiger partial charge is 0.496 e. The van der Waals surface area contributed by atoms with E-state index in [9.17, 15) is 10.1 Å². The first-order valence-electron chi connectivity index (χ1n) is 14.0. The maximum absolute atomic E-state index is 12.4. The Hall–Kier alpha value is -5.08. The Labute approximate surface area is 251 Å². The minimum Gasteiger partial charge on any atom is -0.496 e. The SMILES string of the molecule is C=CC(=O)Nc1cc(Nc2ncc(C#N)c(-c3cn(C4CC4)c4cccc(OC)c34)n2)c(OC)cc1N(C)CCN(C)C. The predicted octanol–water partition coefficient (Wildman–Crippen LogP) is 5.19. The van der Waals surface area contributed by atoms with Gasteiger partial charge in [0.1, 0.15) is 17.6 Å². The molecule has 4 aromatic rings. The molecule has 1 fully saturated rings. The molecule has 1 saturated carbocycles. The molecule has 0 spiro atoms. The van der Waals surface area contributed by atoms with E-state index < -0.39 is 0 Å². The minimum atomic E-state index is -0.337. The number of ether oxygens (including phenoxy) is 2. The van der Waals surface area contributed by atoms with Gasteiger partial charge in [0.05, 0.1) is 59.6 Å². The summed E-state index contributed by atoms with van der Waals surface area (Å²) in [5.41, 5.74) is 4.56. The summed E-state index contributed by atoms with van der Waals surface area (Å²) in [6.45, 7) is 5.13. The van der Waals surface area contributed by atoms with Crippen LogP contribution in [-0.2, 0) is 4.79 Å². The van der Waals surface area contributed by atoms with Crippen LogP contribution < -0.4 is 25.0 Å². The topological polar surface area (TPSA) is 121 Å². The lowest BCUT2D eigenvalue weighted by molar-refractivity contribution is -0.111. The lowest BCUT2D eigenvalue weighted by Crippen LogP contribution is -2.29. The Morgan fingerprint density at radius 3 is 2.58 bits per heavy atom. The highest BCUT2D eigenvalue weighted by atomic mass is 16.5. The number of hydrogen-bond donors (Lipinski definition) is 2. The van der Waals surface area contributed by atoms with Crippen LogP contribution in [0.5, 0.6) is 11.5 Å². The van der Waals surface area contributed by atoms with Crippen LogP contribution in [-0.4, -0.2) is 73.8 Å². The van der Waals surface area contributed by atoms with E-state index in [0.717, 1.165) is 48.1 Å². The van der Waals surface area contributed by atoms with Crippen LogP contribution in [0.25, 0.3) is 22.2 Å². The average Bonchev–Trinajstić information content (AvgIpc) is 3.79. The van der Waals surface area contributed by atoms with Crippen LogP contribution in [0.4, 0.5) is 23.0 Å². The molecule has 0 atom stereocenters. The van der Waals surface area contributed by atoms with Crippen LogP contribution in [0, 0.1) is 11.3 Å². The molecule has 0 unspecified atom stereocenters. The van der Waals surface area contributed by atoms with Crippen molar-refractivity contribution in [3.05, 3.63) is 60.9 Å². The van der Waals surface area contributed by atoms with Gasteiger partial charge in [0.15, 0.2) is 0 Å². The summed E-state index contributed by atoms with van der Waals surface area (Å²) in [7, 11) is 9.19. The molecular formula is C32H36N8O3. The number of amides is 1. The number of hydrogen-bond acceptors (Lipinski definition) is 9. The summed E-state index contributed by atoms with van der Waals surface area (Å²) >= 11 is 0. The summed E-state index contributed by atoms with van der Waals surface area (Å²) in [5.74, 6) is 1.17. The van der Waals surface area contributed by atoms with Gasteiger partial charge in [-0.15, -0.1) is 0 Å². The molecule has 0 radical (unpaired) electrons. The number of likely N-dealkylation sites (N-methyl/N-ethyl adjacent to an activating group) is 2. The predicted molar refractivity (Wildman–Crippen MR) is 169 cm³/mol. The normalized spacial score (nSPS) is 12.6. The number of carbonyl (C=O) groups is 1. The highest BCUT2D eigenvalue weighted by molar-refractivity contribution is 6.03. The number of aromatic nitrogens is 3. The molecule has 0 aliphatic heterocycles. The van der Waals surface area contributed by atoms with E-state index in [1.165, 1.54) is 12.3 Å². The summed E-state index contributed by atoms with van der Waals surface area (Å²) in [4.78, 5) is 25.8. The van der Waals surface area contributed by atoms with Gasteiger partial charge in [0, 0.05) is 44.0 Å². The Balaban J connectivity index is 1.59. The summed E-state index contributed by atoms with van der Waals surface area (Å²) in [6, 6.07) is 12.2. The average molecular weight is 581 g/mol. The van der Waals surface area contributed by atoms with Gasteiger partial charge < -0.3 is 34.5 Å². The maximum Gasteiger partial charge on any atom is 0.247 e. The first-order valence-corrected chi connectivity index (χ1v) is 14.0. The molecule has 2 aromatic carbocycles. The van der Waals surface area contributed by atoms with E-state index in [4.69, 9.17) is 14.5 Å². The summed E-state index contributed by atoms with van der Waals surface area (Å²) < 4.78 is 13.7. The molecule has 222 valence electrons. The highest BCUT2D eigenvalue weighted by Crippen LogP contribution is 2.44. The van der Waals surface area contributed by atoms with Crippen LogP contribution in [0.2, 0.25) is 0 Å². The van der Waals surface area contributed by atoms with E-state index >= 15 is 0 Å². The Bertz CT molecular complexity index is 1720. The molecule has 5 rings (SSSR count). The Kier molecular flexibility index (Phi) is 8.50. The maximum atomic E-state index is 12.4. The van der Waals surface area contributed by atoms with Crippen molar-refractivity contribution in [2.24, 2.45) is 0 Å². The number of methoxy groups -OCH3 is 2. The third-order valence-corrected chi connectivity index (χ3v) is 7.45. The molecule has 11 heteroatoms. The van der Waals surface area contributed by atoms with Gasteiger partial charge in [-0.05, 0) is 51.2 Å². The van der Waals surface area contributed by atoms with Crippen molar-refractivity contribution in [3.63, 3.8) is 0 Å². The first-order chi connectivity index (χ1) is 20.8. The van der Waals surface area contributed by atoms with E-state index in [0.29, 0.717) is 40.2 Å². The van der Waals surface area contributed by atoms with Crippen molar-refractivity contribution in [1.82, 2.24) is 19.4 Å². The van der Waals surface area contributed by atoms with Gasteiger partial charge in [-0.1, -0.05) is 12.6 Å². The second-order valence-electron chi connectivity index (χ2n) is 10.7. The van der Waals surface area contributed by atoms with Crippen molar-refractivity contribution in [3.8, 4) is 28.8 Å². The number of nitriles is 1. The zero-order chi connectivity index (χ0) is 30.7. The Morgan fingerprint density at radius 2 is 1.93 bits per heavy atom. The van der Waals surface area contributed by atoms with Gasteiger partial charge in [0.2, 0.25) is 11.9 Å². The number of nitrogens with zero attached hydrogens (tertiary/aromatic N) is 6. The fourth-order valence-corrected chi connectivity index (χ4v) is 5.04. The number of nitrogens with one attached hydrogen (secondary N) is 2. The van der Waals surface area contributed by atoms with Crippen molar-refractivity contribution in [2.45, 2.75) is 18.9 Å². The van der Waals surface area contributed by atoms with Crippen molar-refractivity contribution in [1.29, 1.82) is 5.26 Å². The second kappa shape index (κ2) is 12.4. The van der Waals surface area contributed by atoms with Gasteiger partial charge in [-0.2, -0.15) is 5.26 Å². The molecule has 11 nitrogen and oxygen atoms in total. The van der Waals surface area contributed by atoms with Gasteiger partial charge in [-0.25, -0.2) is 9.97 Å². The quantitative estimate of drug-likeness (QED) is 0.218. The minimum absolute atomic E-state index is 0.268. The zero-order valence-electron chi connectivity index (χ0n) is 25.1. The summed E-state index contributed by atoms with van der Waals surface area (Å²) in [5, 5.41) is 17.1. The fourth-order valence-electron chi connectivity index (χ4n) is 5.04. The van der Waals surface area contributed by atoms with Crippen LogP contribution in [0.3, 0.4) is 0 Å². The van der Waals surface area contributed by atoms with E-state index in [-0.39, 0.29) is 11.9 Å². The molecule has 1 aliphatic rings. The number of rotatable bonds is 12. The lowest BCUT2D eigenvalue weighted by Gasteiger charge is -2.26. The molecule has 1 aliphatic carbocycles. The number of benzene rings is 2. The smallest absolute Gasteiger partial charge is 0.247 e. The fraction of sp³-hybridized carbons (Fsp3) is 0.312. The van der Waals surface area contributed by atoms with E-state index in [1.807, 2.05) is 44.2 Å². The van der Waals surface area contributed by atoms with Crippen molar-refractivity contribution < 1.29 is 14.3 Å². The molecule has 0 bridgehead atoms. The molecule has 0 saturated heterocycles. The lowest BCUT2D eigenvalue weighted by atomic mass is 10.1. The number of anilines is 4. The number of carbonyl (C=O) groups excluding carboxylic acids is 1. The molecular weight excluding hydrogens is 544 g/mol. The molecule has 2 aromatic heterocycles. The van der Waals surface area contributed by atoms with Gasteiger partial charge in [-0.3, -0.25) is 4.79 Å². The first kappa shape index (κ1) is 29.4. The third kappa shape index (κ3) is 6.10. The molecule has 2 heterocycles. The second-order valence-corrected chi connectivity index (χ2v) is 10.7. The standard InChI is InChI=1S/C32H36N8O3/c1-7-29(41)35-23-15-24(28(43-6)16-26(23)39(4)14-13-38(2)3)36-32-34-18-20(17-33)31(37-32)22-19-40(21-11-12-21)25-9-8-10-27(42-5)30(22)25/h7-10,15-16,18-19,21H,1,11-14H2,2-6H3,(H,35,41)(H,34,36,37). The highest BCUT2D eigenvalue weighted by Gasteiger charge is 2.28. The van der Waals surface area contributed by atoms with Crippen molar-refractivity contribution >= 4 is 39.8 Å².